The van der Waals surface area contributed by atoms with Gasteiger partial charge in [-0.15, -0.1) is 0 Å². The zero-order valence-electron chi connectivity index (χ0n) is 9.87. The molecule has 88 valence electrons. The van der Waals surface area contributed by atoms with Crippen molar-refractivity contribution < 1.29 is 4.74 Å². The van der Waals surface area contributed by atoms with Gasteiger partial charge in [-0.2, -0.15) is 0 Å². The zero-order chi connectivity index (χ0) is 10.5. The fourth-order valence-electron chi connectivity index (χ4n) is 2.69. The molecule has 15 heavy (non-hydrogen) atoms. The predicted octanol–water partition coefficient (Wildman–Crippen LogP) is 0.954. The van der Waals surface area contributed by atoms with Crippen LogP contribution in [0.3, 0.4) is 0 Å². The van der Waals surface area contributed by atoms with Crippen LogP contribution in [0.4, 0.5) is 0 Å². The van der Waals surface area contributed by atoms with Crippen molar-refractivity contribution in [3.05, 3.63) is 0 Å². The summed E-state index contributed by atoms with van der Waals surface area (Å²) in [5, 5.41) is 3.45. The van der Waals surface area contributed by atoms with Gasteiger partial charge >= 0.3 is 0 Å². The molecule has 3 nitrogen and oxygen atoms in total. The van der Waals surface area contributed by atoms with Crippen LogP contribution in [-0.4, -0.2) is 50.8 Å². The van der Waals surface area contributed by atoms with Gasteiger partial charge in [-0.3, -0.25) is 0 Å². The van der Waals surface area contributed by atoms with E-state index in [1.54, 1.807) is 0 Å². The van der Waals surface area contributed by atoms with Gasteiger partial charge in [0.1, 0.15) is 0 Å². The molecule has 0 aromatic heterocycles. The van der Waals surface area contributed by atoms with E-state index in [-0.39, 0.29) is 0 Å². The first-order chi connectivity index (χ1) is 7.38. The Bertz CT molecular complexity index is 180. The summed E-state index contributed by atoms with van der Waals surface area (Å²) in [6, 6.07) is 0. The van der Waals surface area contributed by atoms with Gasteiger partial charge in [-0.25, -0.2) is 0 Å². The molecule has 1 N–H and O–H groups in total. The summed E-state index contributed by atoms with van der Waals surface area (Å²) in [4.78, 5) is 2.63. The van der Waals surface area contributed by atoms with Crippen LogP contribution in [0.15, 0.2) is 0 Å². The molecule has 2 aliphatic rings. The summed E-state index contributed by atoms with van der Waals surface area (Å²) in [7, 11) is 0. The lowest BCUT2D eigenvalue weighted by atomic mass is 10.1. The van der Waals surface area contributed by atoms with Crippen LogP contribution < -0.4 is 5.32 Å². The first kappa shape index (κ1) is 11.4. The number of ether oxygens (including phenoxy) is 1. The van der Waals surface area contributed by atoms with Crippen molar-refractivity contribution in [1.82, 2.24) is 10.2 Å². The van der Waals surface area contributed by atoms with E-state index in [4.69, 9.17) is 4.74 Å². The minimum Gasteiger partial charge on any atom is -0.381 e. The highest BCUT2D eigenvalue weighted by Gasteiger charge is 2.25. The van der Waals surface area contributed by atoms with Crippen molar-refractivity contribution in [2.45, 2.75) is 19.8 Å². The Labute approximate surface area is 93.2 Å². The van der Waals surface area contributed by atoms with Crippen molar-refractivity contribution in [1.29, 1.82) is 0 Å². The first-order valence-corrected chi connectivity index (χ1v) is 6.39. The largest absolute Gasteiger partial charge is 0.381 e. The second-order valence-electron chi connectivity index (χ2n) is 4.95. The minimum absolute atomic E-state index is 0.808. The third-order valence-electron chi connectivity index (χ3n) is 3.59. The number of nitrogens with one attached hydrogen (secondary N) is 1. The van der Waals surface area contributed by atoms with Crippen molar-refractivity contribution in [3.63, 3.8) is 0 Å². The van der Waals surface area contributed by atoms with E-state index in [0.29, 0.717) is 0 Å². The topological polar surface area (TPSA) is 24.5 Å². The van der Waals surface area contributed by atoms with E-state index < -0.39 is 0 Å². The third kappa shape index (κ3) is 3.44. The molecule has 2 fully saturated rings. The number of likely N-dealkylation sites (tertiary alicyclic amines) is 1. The van der Waals surface area contributed by atoms with Crippen molar-refractivity contribution >= 4 is 0 Å². The quantitative estimate of drug-likeness (QED) is 0.734. The second kappa shape index (κ2) is 5.83. The number of nitrogens with zero attached hydrogens (tertiary/aromatic N) is 1. The maximum Gasteiger partial charge on any atom is 0.0507 e. The van der Waals surface area contributed by atoms with Gasteiger partial charge in [-0.05, 0) is 44.3 Å². The molecule has 0 aromatic rings. The molecule has 2 saturated heterocycles. The van der Waals surface area contributed by atoms with Crippen LogP contribution in [0.2, 0.25) is 0 Å². The van der Waals surface area contributed by atoms with E-state index in [9.17, 15) is 0 Å². The van der Waals surface area contributed by atoms with Crippen LogP contribution in [0.1, 0.15) is 19.8 Å². The molecule has 2 heterocycles. The van der Waals surface area contributed by atoms with Crippen LogP contribution in [0.25, 0.3) is 0 Å². The van der Waals surface area contributed by atoms with E-state index in [0.717, 1.165) is 31.6 Å². The van der Waals surface area contributed by atoms with Gasteiger partial charge in [0, 0.05) is 19.7 Å². The monoisotopic (exact) mass is 212 g/mol. The normalized spacial score (nSPS) is 32.6. The lowest BCUT2D eigenvalue weighted by Crippen LogP contribution is -2.30. The molecule has 2 aliphatic heterocycles. The van der Waals surface area contributed by atoms with Gasteiger partial charge in [0.15, 0.2) is 0 Å². The molecular weight excluding hydrogens is 188 g/mol. The van der Waals surface area contributed by atoms with Gasteiger partial charge in [0.2, 0.25) is 0 Å². The minimum atomic E-state index is 0.808. The Morgan fingerprint density at radius 2 is 2.27 bits per heavy atom. The third-order valence-corrected chi connectivity index (χ3v) is 3.59. The van der Waals surface area contributed by atoms with Gasteiger partial charge in [0.25, 0.3) is 0 Å². The van der Waals surface area contributed by atoms with Crippen LogP contribution in [0.5, 0.6) is 0 Å². The fraction of sp³-hybridized carbons (Fsp3) is 1.00. The lowest BCUT2D eigenvalue weighted by molar-refractivity contribution is 0.173. The summed E-state index contributed by atoms with van der Waals surface area (Å²) in [6.07, 6.45) is 2.65. The summed E-state index contributed by atoms with van der Waals surface area (Å²) in [6.45, 7) is 10.3. The molecule has 2 rings (SSSR count). The summed E-state index contributed by atoms with van der Waals surface area (Å²) < 4.78 is 5.42. The number of hydrogen-bond donors (Lipinski definition) is 1. The highest BCUT2D eigenvalue weighted by Crippen LogP contribution is 2.20. The first-order valence-electron chi connectivity index (χ1n) is 6.39. The van der Waals surface area contributed by atoms with Crippen molar-refractivity contribution in [2.75, 3.05) is 45.9 Å². The molecule has 3 heteroatoms. The van der Waals surface area contributed by atoms with Gasteiger partial charge in [-0.1, -0.05) is 6.92 Å². The van der Waals surface area contributed by atoms with Crippen LogP contribution >= 0.6 is 0 Å². The summed E-state index contributed by atoms with van der Waals surface area (Å²) in [5.41, 5.74) is 0. The SMILES string of the molecule is CCNCC1CCN(CC2CCOC2)C1. The van der Waals surface area contributed by atoms with Crippen LogP contribution in [0, 0.1) is 11.8 Å². The highest BCUT2D eigenvalue weighted by atomic mass is 16.5. The lowest BCUT2D eigenvalue weighted by Gasteiger charge is -2.19. The Hall–Kier alpha value is -0.120. The highest BCUT2D eigenvalue weighted by molar-refractivity contribution is 4.79. The number of rotatable bonds is 5. The van der Waals surface area contributed by atoms with Gasteiger partial charge in [0.05, 0.1) is 6.61 Å². The number of hydrogen-bond acceptors (Lipinski definition) is 3. The standard InChI is InChI=1S/C12H24N2O/c1-2-13-7-11-3-5-14(8-11)9-12-4-6-15-10-12/h11-13H,2-10H2,1H3. The predicted molar refractivity (Wildman–Crippen MR) is 62.0 cm³/mol. The Morgan fingerprint density at radius 3 is 3.00 bits per heavy atom. The molecule has 0 saturated carbocycles. The Balaban J connectivity index is 1.63. The van der Waals surface area contributed by atoms with Crippen molar-refractivity contribution in [2.24, 2.45) is 11.8 Å². The van der Waals surface area contributed by atoms with Crippen molar-refractivity contribution in [3.8, 4) is 0 Å². The molecule has 0 amide bonds. The van der Waals surface area contributed by atoms with E-state index >= 15 is 0 Å². The van der Waals surface area contributed by atoms with E-state index in [1.165, 1.54) is 39.0 Å². The molecule has 2 unspecified atom stereocenters. The second-order valence-corrected chi connectivity index (χ2v) is 4.95. The smallest absolute Gasteiger partial charge is 0.0507 e. The van der Waals surface area contributed by atoms with E-state index in [1.807, 2.05) is 0 Å². The van der Waals surface area contributed by atoms with Gasteiger partial charge < -0.3 is 15.0 Å². The van der Waals surface area contributed by atoms with E-state index in [2.05, 4.69) is 17.1 Å². The summed E-state index contributed by atoms with van der Waals surface area (Å²) in [5.74, 6) is 1.69. The maximum absolute atomic E-state index is 5.42. The molecule has 0 aromatic carbocycles. The molecular formula is C12H24N2O. The molecule has 2 atom stereocenters. The molecule has 0 radical (unpaired) electrons. The Morgan fingerprint density at radius 1 is 1.33 bits per heavy atom. The fourth-order valence-corrected chi connectivity index (χ4v) is 2.69. The zero-order valence-corrected chi connectivity index (χ0v) is 9.87. The average Bonchev–Trinajstić information content (AvgIpc) is 2.87. The molecule has 0 bridgehead atoms. The molecule has 0 spiro atoms. The average molecular weight is 212 g/mol. The summed E-state index contributed by atoms with van der Waals surface area (Å²) >= 11 is 0. The maximum atomic E-state index is 5.42. The van der Waals surface area contributed by atoms with Crippen LogP contribution in [-0.2, 0) is 4.74 Å². The Kier molecular flexibility index (Phi) is 4.42. The molecule has 0 aliphatic carbocycles.